The van der Waals surface area contributed by atoms with E-state index in [1.807, 2.05) is 19.9 Å². The first-order chi connectivity index (χ1) is 8.96. The molecule has 0 aliphatic carbocycles. The van der Waals surface area contributed by atoms with Crippen molar-refractivity contribution in [1.82, 2.24) is 10.6 Å². The molecule has 0 unspecified atom stereocenters. The van der Waals surface area contributed by atoms with E-state index in [4.69, 9.17) is 4.74 Å². The standard InChI is InChI=1S/C13H22BrN3OS.HI/c1-5-15-12(17-9-13(2,3)18-4)16-8-10-6-7-11(14)19-10;/h6-7H,5,8-9H2,1-4H3,(H2,15,16,17);1H. The molecule has 0 radical (unpaired) electrons. The van der Waals surface area contributed by atoms with Crippen LogP contribution >= 0.6 is 51.2 Å². The highest BCUT2D eigenvalue weighted by molar-refractivity contribution is 14.0. The number of ether oxygens (including phenoxy) is 1. The van der Waals surface area contributed by atoms with Gasteiger partial charge in [0.2, 0.25) is 0 Å². The van der Waals surface area contributed by atoms with E-state index in [-0.39, 0.29) is 29.6 Å². The summed E-state index contributed by atoms with van der Waals surface area (Å²) in [4.78, 5) is 5.79. The third-order valence-electron chi connectivity index (χ3n) is 2.60. The fraction of sp³-hybridized carbons (Fsp3) is 0.615. The molecule has 0 amide bonds. The van der Waals surface area contributed by atoms with Crippen molar-refractivity contribution in [3.8, 4) is 0 Å². The fourth-order valence-corrected chi connectivity index (χ4v) is 2.71. The molecule has 1 aromatic rings. The highest BCUT2D eigenvalue weighted by Gasteiger charge is 2.16. The Kier molecular flexibility index (Phi) is 10.0. The lowest BCUT2D eigenvalue weighted by Gasteiger charge is -2.24. The largest absolute Gasteiger partial charge is 0.377 e. The highest BCUT2D eigenvalue weighted by atomic mass is 127. The van der Waals surface area contributed by atoms with Crippen molar-refractivity contribution in [1.29, 1.82) is 0 Å². The normalized spacial score (nSPS) is 11.9. The number of aliphatic imine (C=N–C) groups is 1. The van der Waals surface area contributed by atoms with Gasteiger partial charge in [-0.15, -0.1) is 35.3 Å². The highest BCUT2D eigenvalue weighted by Crippen LogP contribution is 2.22. The molecule has 116 valence electrons. The van der Waals surface area contributed by atoms with Gasteiger partial charge in [-0.05, 0) is 48.8 Å². The maximum Gasteiger partial charge on any atom is 0.191 e. The van der Waals surface area contributed by atoms with E-state index in [2.05, 4.69) is 44.5 Å². The van der Waals surface area contributed by atoms with E-state index in [0.29, 0.717) is 13.1 Å². The second-order valence-corrected chi connectivity index (χ2v) is 7.27. The molecule has 4 nitrogen and oxygen atoms in total. The van der Waals surface area contributed by atoms with Gasteiger partial charge < -0.3 is 15.4 Å². The van der Waals surface area contributed by atoms with Crippen LogP contribution in [0.2, 0.25) is 0 Å². The molecule has 7 heteroatoms. The van der Waals surface area contributed by atoms with E-state index in [1.54, 1.807) is 18.4 Å². The molecule has 0 saturated heterocycles. The van der Waals surface area contributed by atoms with Crippen LogP contribution in [0.25, 0.3) is 0 Å². The van der Waals surface area contributed by atoms with Gasteiger partial charge in [0, 0.05) is 25.1 Å². The van der Waals surface area contributed by atoms with E-state index in [1.165, 1.54) is 4.88 Å². The van der Waals surface area contributed by atoms with Gasteiger partial charge >= 0.3 is 0 Å². The molecule has 1 heterocycles. The van der Waals surface area contributed by atoms with E-state index in [9.17, 15) is 0 Å². The number of guanidine groups is 1. The first-order valence-electron chi connectivity index (χ1n) is 6.28. The van der Waals surface area contributed by atoms with Crippen LogP contribution in [0, 0.1) is 0 Å². The summed E-state index contributed by atoms with van der Waals surface area (Å²) in [6.45, 7) is 8.37. The topological polar surface area (TPSA) is 45.7 Å². The average molecular weight is 476 g/mol. The summed E-state index contributed by atoms with van der Waals surface area (Å²) >= 11 is 5.16. The molecule has 1 rings (SSSR count). The molecule has 0 atom stereocenters. The lowest BCUT2D eigenvalue weighted by Crippen LogP contribution is -2.45. The number of rotatable bonds is 6. The Balaban J connectivity index is 0.00000361. The van der Waals surface area contributed by atoms with Crippen LogP contribution in [0.1, 0.15) is 25.6 Å². The van der Waals surface area contributed by atoms with Gasteiger partial charge in [-0.2, -0.15) is 0 Å². The monoisotopic (exact) mass is 475 g/mol. The Bertz CT molecular complexity index is 424. The van der Waals surface area contributed by atoms with Gasteiger partial charge in [0.25, 0.3) is 0 Å². The molecule has 2 N–H and O–H groups in total. The van der Waals surface area contributed by atoms with Crippen molar-refractivity contribution in [3.05, 3.63) is 20.8 Å². The molecule has 0 saturated carbocycles. The van der Waals surface area contributed by atoms with Crippen LogP contribution in [-0.4, -0.2) is 31.8 Å². The lowest BCUT2D eigenvalue weighted by molar-refractivity contribution is 0.0268. The van der Waals surface area contributed by atoms with E-state index >= 15 is 0 Å². The van der Waals surface area contributed by atoms with Crippen LogP contribution < -0.4 is 10.6 Å². The van der Waals surface area contributed by atoms with Crippen LogP contribution in [0.4, 0.5) is 0 Å². The Morgan fingerprint density at radius 3 is 2.60 bits per heavy atom. The molecule has 0 aliphatic rings. The molecule has 1 aromatic heterocycles. The Morgan fingerprint density at radius 1 is 1.40 bits per heavy atom. The van der Waals surface area contributed by atoms with Crippen LogP contribution in [0.5, 0.6) is 0 Å². The molecule has 0 aliphatic heterocycles. The smallest absolute Gasteiger partial charge is 0.191 e. The van der Waals surface area contributed by atoms with E-state index in [0.717, 1.165) is 16.3 Å². The number of nitrogens with zero attached hydrogens (tertiary/aromatic N) is 1. The summed E-state index contributed by atoms with van der Waals surface area (Å²) in [5.74, 6) is 0.817. The summed E-state index contributed by atoms with van der Waals surface area (Å²) in [6.07, 6.45) is 0. The van der Waals surface area contributed by atoms with Crippen molar-refractivity contribution in [2.45, 2.75) is 32.9 Å². The van der Waals surface area contributed by atoms with Crippen LogP contribution in [0.15, 0.2) is 20.9 Å². The predicted molar refractivity (Wildman–Crippen MR) is 101 cm³/mol. The second kappa shape index (κ2) is 9.97. The van der Waals surface area contributed by atoms with Crippen LogP contribution in [-0.2, 0) is 11.3 Å². The first-order valence-corrected chi connectivity index (χ1v) is 7.89. The number of hydrogen-bond acceptors (Lipinski definition) is 3. The van der Waals surface area contributed by atoms with E-state index < -0.39 is 0 Å². The Hall–Kier alpha value is 0.140. The maximum atomic E-state index is 5.38. The SMILES string of the molecule is CCNC(=NCc1ccc(Br)s1)NCC(C)(C)OC.I. The summed E-state index contributed by atoms with van der Waals surface area (Å²) in [6, 6.07) is 4.13. The first kappa shape index (κ1) is 20.1. The summed E-state index contributed by atoms with van der Waals surface area (Å²) < 4.78 is 6.52. The zero-order chi connectivity index (χ0) is 14.3. The fourth-order valence-electron chi connectivity index (χ4n) is 1.30. The van der Waals surface area contributed by atoms with Gasteiger partial charge in [0.1, 0.15) is 0 Å². The Labute approximate surface area is 150 Å². The quantitative estimate of drug-likeness (QED) is 0.375. The zero-order valence-corrected chi connectivity index (χ0v) is 17.1. The van der Waals surface area contributed by atoms with Gasteiger partial charge in [-0.3, -0.25) is 0 Å². The van der Waals surface area contributed by atoms with Crippen LogP contribution in [0.3, 0.4) is 0 Å². The summed E-state index contributed by atoms with van der Waals surface area (Å²) in [5, 5.41) is 6.53. The molecule has 20 heavy (non-hydrogen) atoms. The third-order valence-corrected chi connectivity index (χ3v) is 4.21. The molecular formula is C13H23BrIN3OS. The summed E-state index contributed by atoms with van der Waals surface area (Å²) in [7, 11) is 1.72. The number of hydrogen-bond donors (Lipinski definition) is 2. The van der Waals surface area contributed by atoms with Crippen molar-refractivity contribution in [2.24, 2.45) is 4.99 Å². The Morgan fingerprint density at radius 2 is 2.10 bits per heavy atom. The average Bonchev–Trinajstić information content (AvgIpc) is 2.79. The van der Waals surface area contributed by atoms with Gasteiger partial charge in [0.15, 0.2) is 5.96 Å². The molecular weight excluding hydrogens is 453 g/mol. The van der Waals surface area contributed by atoms with Gasteiger partial charge in [0.05, 0.1) is 15.9 Å². The maximum absolute atomic E-state index is 5.38. The molecule has 0 spiro atoms. The minimum atomic E-state index is -0.206. The van der Waals surface area contributed by atoms with Crippen molar-refractivity contribution in [3.63, 3.8) is 0 Å². The second-order valence-electron chi connectivity index (χ2n) is 4.72. The van der Waals surface area contributed by atoms with Crippen molar-refractivity contribution < 1.29 is 4.74 Å². The number of nitrogens with one attached hydrogen (secondary N) is 2. The minimum absolute atomic E-state index is 0. The minimum Gasteiger partial charge on any atom is -0.377 e. The lowest BCUT2D eigenvalue weighted by atomic mass is 10.1. The number of halogens is 2. The van der Waals surface area contributed by atoms with Gasteiger partial charge in [-0.1, -0.05) is 0 Å². The van der Waals surface area contributed by atoms with Gasteiger partial charge in [-0.25, -0.2) is 4.99 Å². The third kappa shape index (κ3) is 7.80. The number of thiophene rings is 1. The van der Waals surface area contributed by atoms with Crippen molar-refractivity contribution >= 4 is 57.2 Å². The number of methoxy groups -OCH3 is 1. The predicted octanol–water partition coefficient (Wildman–Crippen LogP) is 3.61. The molecule has 0 aromatic carbocycles. The summed E-state index contributed by atoms with van der Waals surface area (Å²) in [5.41, 5.74) is -0.206. The van der Waals surface area contributed by atoms with Crippen molar-refractivity contribution in [2.75, 3.05) is 20.2 Å². The molecule has 0 fully saturated rings. The zero-order valence-electron chi connectivity index (χ0n) is 12.3. The molecule has 0 bridgehead atoms.